The highest BCUT2D eigenvalue weighted by molar-refractivity contribution is 6.01. The molecule has 47 heavy (non-hydrogen) atoms. The van der Waals surface area contributed by atoms with Crippen molar-refractivity contribution in [2.24, 2.45) is 0 Å². The molecule has 0 amide bonds. The van der Waals surface area contributed by atoms with Gasteiger partial charge in [0, 0.05) is 5.69 Å². The van der Waals surface area contributed by atoms with E-state index < -0.39 is 5.41 Å². The molecule has 0 unspecified atom stereocenters. The fourth-order valence-corrected chi connectivity index (χ4v) is 7.92. The summed E-state index contributed by atoms with van der Waals surface area (Å²) in [4.78, 5) is 16.5. The maximum atomic E-state index is 14.1. The zero-order valence-electron chi connectivity index (χ0n) is 26.8. The van der Waals surface area contributed by atoms with Gasteiger partial charge < -0.3 is 14.1 Å². The molecule has 6 aromatic carbocycles. The first-order valence-corrected chi connectivity index (χ1v) is 16.1. The summed E-state index contributed by atoms with van der Waals surface area (Å²) in [5.41, 5.74) is 11.9. The van der Waals surface area contributed by atoms with E-state index in [1.54, 1.807) is 13.2 Å². The van der Waals surface area contributed by atoms with Crippen molar-refractivity contribution in [1.82, 2.24) is 0 Å². The van der Waals surface area contributed by atoms with Gasteiger partial charge in [0.05, 0.1) is 34.7 Å². The Balaban J connectivity index is 1.45. The summed E-state index contributed by atoms with van der Waals surface area (Å²) < 4.78 is 12.0. The molecule has 0 atom stereocenters. The smallest absolute Gasteiger partial charge is 0.200 e. The number of hydrogen-bond acceptors (Lipinski definition) is 4. The van der Waals surface area contributed by atoms with Crippen LogP contribution in [-0.4, -0.2) is 7.11 Å². The lowest BCUT2D eigenvalue weighted by Gasteiger charge is -2.45. The molecule has 4 nitrogen and oxygen atoms in total. The molecule has 4 heteroatoms. The molecule has 2 aliphatic rings. The molecule has 0 saturated heterocycles. The molecule has 0 radical (unpaired) electrons. The highest BCUT2D eigenvalue weighted by Gasteiger charge is 2.52. The summed E-state index contributed by atoms with van der Waals surface area (Å²) in [6.45, 7) is 6.79. The van der Waals surface area contributed by atoms with Crippen molar-refractivity contribution in [3.8, 4) is 16.9 Å². The summed E-state index contributed by atoms with van der Waals surface area (Å²) in [5, 5.41) is 1.08. The number of nitrogens with zero attached hydrogens (tertiary/aromatic N) is 1. The second-order valence-electron chi connectivity index (χ2n) is 13.7. The molecule has 9 rings (SSSR count). The zero-order chi connectivity index (χ0) is 32.1. The summed E-state index contributed by atoms with van der Waals surface area (Å²) in [5.74, 6) is 0.628. The van der Waals surface area contributed by atoms with Gasteiger partial charge in [0.25, 0.3) is 0 Å². The number of para-hydroxylation sites is 3. The lowest BCUT2D eigenvalue weighted by molar-refractivity contribution is 0.415. The third-order valence-corrected chi connectivity index (χ3v) is 10.1. The van der Waals surface area contributed by atoms with E-state index in [9.17, 15) is 4.79 Å². The monoisotopic (exact) mass is 611 g/mol. The molecule has 1 aromatic heterocycles. The minimum Gasteiger partial charge on any atom is -0.497 e. The van der Waals surface area contributed by atoms with Crippen molar-refractivity contribution in [2.75, 3.05) is 12.0 Å². The first kappa shape index (κ1) is 27.7. The van der Waals surface area contributed by atoms with Gasteiger partial charge in [-0.25, -0.2) is 0 Å². The Bertz CT molecular complexity index is 2420. The second kappa shape index (κ2) is 9.70. The van der Waals surface area contributed by atoms with E-state index in [1.165, 1.54) is 22.3 Å². The number of methoxy groups -OCH3 is 1. The van der Waals surface area contributed by atoms with E-state index >= 15 is 0 Å². The number of benzene rings is 6. The largest absolute Gasteiger partial charge is 0.497 e. The van der Waals surface area contributed by atoms with Gasteiger partial charge in [-0.1, -0.05) is 93.6 Å². The van der Waals surface area contributed by atoms with Gasteiger partial charge in [-0.2, -0.15) is 0 Å². The van der Waals surface area contributed by atoms with Crippen LogP contribution in [0.25, 0.3) is 33.1 Å². The van der Waals surface area contributed by atoms with E-state index in [0.29, 0.717) is 27.7 Å². The molecule has 0 bridgehead atoms. The normalized spacial score (nSPS) is 14.2. The predicted molar refractivity (Wildman–Crippen MR) is 191 cm³/mol. The first-order valence-electron chi connectivity index (χ1n) is 16.1. The third kappa shape index (κ3) is 3.73. The average molecular weight is 612 g/mol. The molecule has 0 saturated carbocycles. The first-order chi connectivity index (χ1) is 22.8. The highest BCUT2D eigenvalue weighted by Crippen LogP contribution is 2.64. The number of ether oxygens (including phenoxy) is 1. The van der Waals surface area contributed by atoms with Crippen LogP contribution in [0.1, 0.15) is 48.6 Å². The number of rotatable bonds is 2. The van der Waals surface area contributed by atoms with Crippen LogP contribution >= 0.6 is 0 Å². The molecule has 1 spiro atoms. The van der Waals surface area contributed by atoms with Gasteiger partial charge >= 0.3 is 0 Å². The van der Waals surface area contributed by atoms with Crippen molar-refractivity contribution < 1.29 is 9.15 Å². The highest BCUT2D eigenvalue weighted by atomic mass is 16.5. The minimum absolute atomic E-state index is 0.0588. The molecule has 2 heterocycles. The van der Waals surface area contributed by atoms with Crippen molar-refractivity contribution in [3.63, 3.8) is 0 Å². The van der Waals surface area contributed by atoms with Gasteiger partial charge in [-0.3, -0.25) is 4.79 Å². The number of anilines is 3. The van der Waals surface area contributed by atoms with Gasteiger partial charge in [0.1, 0.15) is 16.9 Å². The van der Waals surface area contributed by atoms with Gasteiger partial charge in [0.2, 0.25) is 5.43 Å². The Labute approximate surface area is 273 Å². The predicted octanol–water partition coefficient (Wildman–Crippen LogP) is 10.4. The van der Waals surface area contributed by atoms with Gasteiger partial charge in [0.15, 0.2) is 0 Å². The van der Waals surface area contributed by atoms with Crippen LogP contribution in [-0.2, 0) is 10.8 Å². The molecule has 228 valence electrons. The topological polar surface area (TPSA) is 42.7 Å². The quantitative estimate of drug-likeness (QED) is 0.182. The van der Waals surface area contributed by atoms with E-state index in [2.05, 4.69) is 135 Å². The van der Waals surface area contributed by atoms with Gasteiger partial charge in [-0.15, -0.1) is 0 Å². The number of fused-ring (bicyclic) bond motifs is 11. The molecular formula is C43H33NO3. The van der Waals surface area contributed by atoms with Crippen LogP contribution in [0, 0.1) is 0 Å². The standard InChI is InChI=1S/C43H33NO3/c1-42(2,3)26-18-20-29-30-24-32-40(47-39-21-19-28(46-4)23-31(39)41(32)45)25-36(30)43(35(29)22-26)33-14-8-10-16-37(33)44(27-12-6-5-7-13-27)38-17-11-9-15-34(38)43/h5-25H,1-4H3. The van der Waals surface area contributed by atoms with Crippen LogP contribution in [0.2, 0.25) is 0 Å². The Kier molecular flexibility index (Phi) is 5.71. The van der Waals surface area contributed by atoms with Crippen LogP contribution in [0.5, 0.6) is 5.75 Å². The summed E-state index contributed by atoms with van der Waals surface area (Å²) in [6.07, 6.45) is 0. The fourth-order valence-electron chi connectivity index (χ4n) is 7.92. The number of hydrogen-bond donors (Lipinski definition) is 0. The van der Waals surface area contributed by atoms with Crippen LogP contribution in [0.15, 0.2) is 137 Å². The molecule has 0 fully saturated rings. The zero-order valence-corrected chi connectivity index (χ0v) is 26.8. The van der Waals surface area contributed by atoms with Crippen LogP contribution < -0.4 is 15.1 Å². The van der Waals surface area contributed by atoms with Crippen molar-refractivity contribution >= 4 is 39.0 Å². The van der Waals surface area contributed by atoms with Crippen molar-refractivity contribution in [3.05, 3.63) is 165 Å². The summed E-state index contributed by atoms with van der Waals surface area (Å²) >= 11 is 0. The summed E-state index contributed by atoms with van der Waals surface area (Å²) in [7, 11) is 1.61. The van der Waals surface area contributed by atoms with Crippen molar-refractivity contribution in [1.29, 1.82) is 0 Å². The van der Waals surface area contributed by atoms with Crippen LogP contribution in [0.3, 0.4) is 0 Å². The SMILES string of the molecule is COc1ccc2oc3cc4c(cc3c(=O)c2c1)-c1ccc(C(C)(C)C)cc1C41c2ccccc2N(c2ccccc2)c2ccccc21. The summed E-state index contributed by atoms with van der Waals surface area (Å²) in [6, 6.07) is 44.7. The molecule has 1 aliphatic carbocycles. The minimum atomic E-state index is -0.647. The maximum absolute atomic E-state index is 14.1. The van der Waals surface area contributed by atoms with Crippen LogP contribution in [0.4, 0.5) is 17.1 Å². The molecule has 1 aliphatic heterocycles. The average Bonchev–Trinajstić information content (AvgIpc) is 3.37. The fraction of sp³-hybridized carbons (Fsp3) is 0.140. The lowest BCUT2D eigenvalue weighted by Crippen LogP contribution is -2.36. The van der Waals surface area contributed by atoms with E-state index in [-0.39, 0.29) is 10.8 Å². The van der Waals surface area contributed by atoms with E-state index in [0.717, 1.165) is 33.8 Å². The maximum Gasteiger partial charge on any atom is 0.200 e. The Hall–Kier alpha value is -5.61. The van der Waals surface area contributed by atoms with Crippen molar-refractivity contribution in [2.45, 2.75) is 31.6 Å². The Morgan fingerprint density at radius 3 is 1.94 bits per heavy atom. The molecule has 7 aromatic rings. The third-order valence-electron chi connectivity index (χ3n) is 10.1. The second-order valence-corrected chi connectivity index (χ2v) is 13.7. The van der Waals surface area contributed by atoms with E-state index in [4.69, 9.17) is 9.15 Å². The molecule has 0 N–H and O–H groups in total. The Morgan fingerprint density at radius 2 is 1.26 bits per heavy atom. The lowest BCUT2D eigenvalue weighted by atomic mass is 9.64. The Morgan fingerprint density at radius 1 is 0.617 bits per heavy atom. The van der Waals surface area contributed by atoms with Gasteiger partial charge in [-0.05, 0) is 99.0 Å². The molecular weight excluding hydrogens is 578 g/mol. The van der Waals surface area contributed by atoms with E-state index in [1.807, 2.05) is 12.1 Å².